The lowest BCUT2D eigenvalue weighted by atomic mass is 10.1. The van der Waals surface area contributed by atoms with Gasteiger partial charge in [0, 0.05) is 23.8 Å². The number of carboxylic acids is 1. The monoisotopic (exact) mass is 877 g/mol. The summed E-state index contributed by atoms with van der Waals surface area (Å²) in [5.41, 5.74) is 6.11. The van der Waals surface area contributed by atoms with Crippen molar-refractivity contribution in [2.24, 2.45) is 5.73 Å². The minimum Gasteiger partial charge on any atom is -0.481 e. The van der Waals surface area contributed by atoms with Crippen molar-refractivity contribution >= 4 is 37.5 Å². The summed E-state index contributed by atoms with van der Waals surface area (Å²) in [5, 5.41) is 19.3. The first-order chi connectivity index (χ1) is 28.9. The van der Waals surface area contributed by atoms with Crippen molar-refractivity contribution in [2.75, 3.05) is 19.0 Å². The molecule has 0 spiro atoms. The molecule has 14 heteroatoms. The number of carbonyl (C=O) groups excluding carboxylic acids is 2. The summed E-state index contributed by atoms with van der Waals surface area (Å²) in [4.78, 5) is 54.7. The summed E-state index contributed by atoms with van der Waals surface area (Å²) in [5.74, 6) is -2.49. The van der Waals surface area contributed by atoms with E-state index in [1.165, 1.54) is 31.0 Å². The van der Waals surface area contributed by atoms with Crippen LogP contribution in [0.15, 0.2) is 109 Å². The van der Waals surface area contributed by atoms with Crippen LogP contribution in [0.3, 0.4) is 0 Å². The van der Waals surface area contributed by atoms with Crippen LogP contribution >= 0.6 is 19.6 Å². The van der Waals surface area contributed by atoms with Crippen LogP contribution in [-0.2, 0) is 32.9 Å². The molecule has 0 saturated carbocycles. The second kappa shape index (κ2) is 39.6. The molecule has 6 N–H and O–H groups in total. The van der Waals surface area contributed by atoms with Crippen LogP contribution in [0.2, 0.25) is 0 Å². The molecule has 0 bridgehead atoms. The van der Waals surface area contributed by atoms with Crippen molar-refractivity contribution in [2.45, 2.75) is 140 Å². The average Bonchev–Trinajstić information content (AvgIpc) is 3.20. The van der Waals surface area contributed by atoms with Crippen LogP contribution in [-0.4, -0.2) is 80.4 Å². The van der Waals surface area contributed by atoms with E-state index in [-0.39, 0.29) is 31.4 Å². The maximum Gasteiger partial charge on any atom is 0.469 e. The van der Waals surface area contributed by atoms with Gasteiger partial charge in [-0.05, 0) is 77.0 Å². The number of aliphatic hydroxyl groups excluding tert-OH is 1. The van der Waals surface area contributed by atoms with Crippen LogP contribution in [0, 0.1) is 0 Å². The lowest BCUT2D eigenvalue weighted by Crippen LogP contribution is -2.40. The van der Waals surface area contributed by atoms with E-state index >= 15 is 0 Å². The molecule has 0 amide bonds. The molecule has 0 rings (SSSR count). The Balaban J connectivity index is 4.97. The van der Waals surface area contributed by atoms with Gasteiger partial charge < -0.3 is 35.2 Å². The van der Waals surface area contributed by atoms with Gasteiger partial charge in [-0.25, -0.2) is 4.57 Å². The van der Waals surface area contributed by atoms with E-state index in [4.69, 9.17) is 20.3 Å². The molecule has 4 atom stereocenters. The predicted molar refractivity (Wildman–Crippen MR) is 244 cm³/mol. The summed E-state index contributed by atoms with van der Waals surface area (Å²) in [6, 6.07) is -1.22. The number of hydrogen-bond acceptors (Lipinski definition) is 10. The maximum atomic E-state index is 12.9. The van der Waals surface area contributed by atoms with Crippen LogP contribution < -0.4 is 5.73 Å². The minimum atomic E-state index is -4.94. The fourth-order valence-corrected chi connectivity index (χ4v) is 6.49. The van der Waals surface area contributed by atoms with Gasteiger partial charge in [0.15, 0.2) is 6.10 Å². The number of ether oxygens (including phenoxy) is 2. The predicted octanol–water partition coefficient (Wildman–Crippen LogP) is 9.71. The Morgan fingerprint density at radius 3 is 1.85 bits per heavy atom. The Kier molecular flexibility index (Phi) is 37.2. The minimum absolute atomic E-state index is 0.0142. The van der Waals surface area contributed by atoms with Crippen LogP contribution in [0.1, 0.15) is 117 Å². The number of aliphatic hydroxyl groups is 1. The highest BCUT2D eigenvalue weighted by Crippen LogP contribution is 2.36. The van der Waals surface area contributed by atoms with E-state index < -0.39 is 62.4 Å². The van der Waals surface area contributed by atoms with E-state index in [0.717, 1.165) is 44.9 Å². The first-order valence-electron chi connectivity index (χ1n) is 21.1. The van der Waals surface area contributed by atoms with E-state index in [1.807, 2.05) is 30.4 Å². The number of aliphatic carboxylic acids is 1. The van der Waals surface area contributed by atoms with E-state index in [0.29, 0.717) is 12.8 Å². The third-order valence-corrected chi connectivity index (χ3v) is 10.2. The third kappa shape index (κ3) is 38.6. The molecule has 0 aromatic carbocycles. The normalized spacial score (nSPS) is 15.0. The van der Waals surface area contributed by atoms with Crippen molar-refractivity contribution in [3.05, 3.63) is 109 Å². The van der Waals surface area contributed by atoms with Gasteiger partial charge in [-0.15, -0.1) is 11.8 Å². The number of rotatable bonds is 37. The van der Waals surface area contributed by atoms with Gasteiger partial charge in [-0.2, -0.15) is 0 Å². The number of nitrogens with two attached hydrogens (primary N) is 1. The zero-order valence-corrected chi connectivity index (χ0v) is 37.4. The third-order valence-electron chi connectivity index (χ3n) is 8.28. The second-order valence-corrected chi connectivity index (χ2v) is 16.2. The lowest BCUT2D eigenvalue weighted by molar-refractivity contribution is -0.161. The Bertz CT molecular complexity index is 1460. The highest BCUT2D eigenvalue weighted by molar-refractivity contribution is 8.00. The lowest BCUT2D eigenvalue weighted by Gasteiger charge is -2.23. The van der Waals surface area contributed by atoms with Crippen molar-refractivity contribution in [1.82, 2.24) is 0 Å². The summed E-state index contributed by atoms with van der Waals surface area (Å²) in [6.07, 6.45) is 45.8. The zero-order valence-electron chi connectivity index (χ0n) is 35.7. The highest BCUT2D eigenvalue weighted by Gasteiger charge is 2.27. The standard InChI is InChI=1S/C46H72NO11PS/c1-3-5-7-9-11-13-15-17-18-19-20-21-23-25-27-29-31-36-45(51)56-37-40(38-57-59(53,54)55)58-46(52)41(47)39-60-43(42(48)33-32-35-44(49)50)34-30-28-26-24-22-16-14-12-10-8-6-4-2/h5,7,11-14,17-18,20-22,24-28,30,34,40-43,48H,3-4,6,8-10,15-16,19,23,29,31-33,35-39,47H2,1-2H3,(H,49,50)(H2,53,54,55)/b7-5-,13-11-,14-12-,18-17-,21-20-,24-22-,27-25-,28-26+,34-30+/t40-,41+,42+,43-/m1/s1. The Hall–Kier alpha value is -3.55. The Morgan fingerprint density at radius 1 is 0.700 bits per heavy atom. The molecular formula is C46H72NO11PS. The van der Waals surface area contributed by atoms with Crippen LogP contribution in [0.5, 0.6) is 0 Å². The molecule has 0 unspecified atom stereocenters. The molecular weight excluding hydrogens is 806 g/mol. The number of carbonyl (C=O) groups is 3. The molecule has 338 valence electrons. The number of phosphoric acid groups is 1. The quantitative estimate of drug-likeness (QED) is 0.0130. The van der Waals surface area contributed by atoms with Gasteiger partial charge in [-0.1, -0.05) is 136 Å². The molecule has 0 heterocycles. The smallest absolute Gasteiger partial charge is 0.469 e. The van der Waals surface area contributed by atoms with E-state index in [9.17, 15) is 33.8 Å². The topological polar surface area (TPSA) is 203 Å². The van der Waals surface area contributed by atoms with Crippen LogP contribution in [0.4, 0.5) is 0 Å². The van der Waals surface area contributed by atoms with Gasteiger partial charge in [0.2, 0.25) is 0 Å². The second-order valence-electron chi connectivity index (χ2n) is 13.8. The van der Waals surface area contributed by atoms with Gasteiger partial charge in [0.25, 0.3) is 0 Å². The summed E-state index contributed by atoms with van der Waals surface area (Å²) < 4.78 is 26.5. The number of phosphoric ester groups is 1. The van der Waals surface area contributed by atoms with Gasteiger partial charge in [0.1, 0.15) is 12.6 Å². The van der Waals surface area contributed by atoms with E-state index in [2.05, 4.69) is 79.1 Å². The number of allylic oxidation sites excluding steroid dienone is 17. The molecule has 12 nitrogen and oxygen atoms in total. The van der Waals surface area contributed by atoms with E-state index in [1.54, 1.807) is 18.2 Å². The number of hydrogen-bond donors (Lipinski definition) is 5. The molecule has 60 heavy (non-hydrogen) atoms. The molecule has 0 aliphatic rings. The van der Waals surface area contributed by atoms with Gasteiger partial charge in [0.05, 0.1) is 12.7 Å². The number of esters is 2. The Labute approximate surface area is 363 Å². The largest absolute Gasteiger partial charge is 0.481 e. The number of carboxylic acid groups (broad SMARTS) is 1. The van der Waals surface area contributed by atoms with Crippen LogP contribution in [0.25, 0.3) is 0 Å². The molecule has 0 aromatic rings. The fourth-order valence-electron chi connectivity index (χ4n) is 5.01. The zero-order chi connectivity index (χ0) is 44.5. The van der Waals surface area contributed by atoms with Crippen molar-refractivity contribution in [3.8, 4) is 0 Å². The molecule has 0 aliphatic carbocycles. The summed E-state index contributed by atoms with van der Waals surface area (Å²) >= 11 is 1.17. The molecule has 0 aliphatic heterocycles. The summed E-state index contributed by atoms with van der Waals surface area (Å²) in [7, 11) is -4.94. The SMILES string of the molecule is CC/C=C\C/C=C\C/C=C\C/C=C\C/C=C\CCCC(=O)OC[C@H](COP(=O)(O)O)OC(=O)[C@@H](N)CS[C@H](/C=C/C=C/C=C\C/C=C\CCCCC)[C@@H](O)CCCC(=O)O. The molecule has 0 fully saturated rings. The number of thioether (sulfide) groups is 1. The molecule has 0 radical (unpaired) electrons. The van der Waals surface area contributed by atoms with Crippen molar-refractivity contribution < 1.29 is 52.9 Å². The highest BCUT2D eigenvalue weighted by atomic mass is 32.2. The average molecular weight is 878 g/mol. The van der Waals surface area contributed by atoms with Crippen molar-refractivity contribution in [1.29, 1.82) is 0 Å². The van der Waals surface area contributed by atoms with Gasteiger partial charge in [-0.3, -0.25) is 18.9 Å². The van der Waals surface area contributed by atoms with Gasteiger partial charge >= 0.3 is 25.7 Å². The maximum absolute atomic E-state index is 12.9. The van der Waals surface area contributed by atoms with Crippen molar-refractivity contribution in [3.63, 3.8) is 0 Å². The number of unbranched alkanes of at least 4 members (excludes halogenated alkanes) is 4. The first kappa shape index (κ1) is 56.5. The Morgan fingerprint density at radius 2 is 1.27 bits per heavy atom. The fraction of sp³-hybridized carbons (Fsp3) is 0.543. The summed E-state index contributed by atoms with van der Waals surface area (Å²) in [6.45, 7) is 3.05. The molecule has 0 saturated heterocycles. The first-order valence-corrected chi connectivity index (χ1v) is 23.7. The molecule has 0 aromatic heterocycles.